The molecule has 0 spiro atoms. The Hall–Kier alpha value is -3.74. The summed E-state index contributed by atoms with van der Waals surface area (Å²) in [5.74, 6) is -3.73. The van der Waals surface area contributed by atoms with E-state index in [0.29, 0.717) is 0 Å². The third-order valence-corrected chi connectivity index (χ3v) is 4.67. The SMILES string of the molecule is O=C1Oc2ccccc2C(=O)C1C=N[C@@H](Cc1c[nH]c2ccccc12)C(=O)[O-]. The molecule has 1 aliphatic rings. The van der Waals surface area contributed by atoms with E-state index >= 15 is 0 Å². The van der Waals surface area contributed by atoms with Gasteiger partial charge in [-0.2, -0.15) is 0 Å². The minimum Gasteiger partial charge on any atom is -0.548 e. The number of carboxylic acid groups (broad SMARTS) is 1. The zero-order chi connectivity index (χ0) is 19.7. The number of aromatic nitrogens is 1. The first-order valence-electron chi connectivity index (χ1n) is 8.68. The minimum absolute atomic E-state index is 0.0649. The van der Waals surface area contributed by atoms with Crippen LogP contribution in [0.5, 0.6) is 5.75 Å². The quantitative estimate of drug-likeness (QED) is 0.313. The number of Topliss-reactive ketones (excluding diaryl/α,β-unsaturated/α-hetero) is 1. The highest BCUT2D eigenvalue weighted by Crippen LogP contribution is 2.27. The van der Waals surface area contributed by atoms with Gasteiger partial charge in [-0.15, -0.1) is 0 Å². The summed E-state index contributed by atoms with van der Waals surface area (Å²) >= 11 is 0. The number of para-hydroxylation sites is 2. The van der Waals surface area contributed by atoms with Gasteiger partial charge in [0.2, 0.25) is 0 Å². The van der Waals surface area contributed by atoms with Crippen LogP contribution in [0.25, 0.3) is 10.9 Å². The van der Waals surface area contributed by atoms with Crippen molar-refractivity contribution >= 4 is 34.8 Å². The number of carbonyl (C=O) groups excluding carboxylic acids is 3. The van der Waals surface area contributed by atoms with Crippen molar-refractivity contribution < 1.29 is 24.2 Å². The lowest BCUT2D eigenvalue weighted by molar-refractivity contribution is -0.307. The number of nitrogens with zero attached hydrogens (tertiary/aromatic N) is 1. The van der Waals surface area contributed by atoms with Crippen LogP contribution in [-0.2, 0) is 16.0 Å². The Balaban J connectivity index is 1.58. The van der Waals surface area contributed by atoms with Gasteiger partial charge in [-0.3, -0.25) is 14.6 Å². The Morgan fingerprint density at radius 1 is 1.18 bits per heavy atom. The molecule has 0 amide bonds. The van der Waals surface area contributed by atoms with Crippen LogP contribution in [0.4, 0.5) is 0 Å². The van der Waals surface area contributed by atoms with Crippen molar-refractivity contribution in [2.45, 2.75) is 12.5 Å². The molecule has 0 radical (unpaired) electrons. The van der Waals surface area contributed by atoms with Gasteiger partial charge in [0.15, 0.2) is 11.7 Å². The zero-order valence-electron chi connectivity index (χ0n) is 14.6. The Kier molecular flexibility index (Phi) is 4.49. The van der Waals surface area contributed by atoms with Gasteiger partial charge in [0.1, 0.15) is 5.75 Å². The summed E-state index contributed by atoms with van der Waals surface area (Å²) in [6.07, 6.45) is 2.83. The second-order valence-corrected chi connectivity index (χ2v) is 6.46. The molecule has 2 atom stereocenters. The molecule has 0 saturated heterocycles. The topological polar surface area (TPSA) is 112 Å². The molecule has 1 unspecified atom stereocenters. The lowest BCUT2D eigenvalue weighted by atomic mass is 9.95. The Bertz CT molecular complexity index is 1110. The fourth-order valence-electron chi connectivity index (χ4n) is 3.23. The monoisotopic (exact) mass is 375 g/mol. The average molecular weight is 375 g/mol. The number of ether oxygens (including phenoxy) is 1. The summed E-state index contributed by atoms with van der Waals surface area (Å²) in [4.78, 5) is 43.3. The van der Waals surface area contributed by atoms with Gasteiger partial charge in [-0.1, -0.05) is 30.3 Å². The molecule has 140 valence electrons. The van der Waals surface area contributed by atoms with Gasteiger partial charge in [0.25, 0.3) is 0 Å². The first kappa shape index (κ1) is 17.7. The Labute approximate surface area is 159 Å². The van der Waals surface area contributed by atoms with Crippen LogP contribution in [0.3, 0.4) is 0 Å². The molecule has 28 heavy (non-hydrogen) atoms. The van der Waals surface area contributed by atoms with Crippen LogP contribution >= 0.6 is 0 Å². The molecule has 4 rings (SSSR count). The number of benzene rings is 2. The van der Waals surface area contributed by atoms with Gasteiger partial charge < -0.3 is 19.6 Å². The number of carboxylic acids is 1. The van der Waals surface area contributed by atoms with Crippen molar-refractivity contribution in [1.82, 2.24) is 4.98 Å². The first-order chi connectivity index (χ1) is 13.5. The van der Waals surface area contributed by atoms with Crippen LogP contribution < -0.4 is 9.84 Å². The molecule has 3 aromatic rings. The number of hydrogen-bond acceptors (Lipinski definition) is 6. The molecule has 1 N–H and O–H groups in total. The highest BCUT2D eigenvalue weighted by Gasteiger charge is 2.35. The van der Waals surface area contributed by atoms with Gasteiger partial charge in [-0.25, -0.2) is 0 Å². The van der Waals surface area contributed by atoms with Crippen molar-refractivity contribution in [3.63, 3.8) is 0 Å². The third kappa shape index (κ3) is 3.18. The number of aliphatic carboxylic acids is 1. The number of hydrogen-bond donors (Lipinski definition) is 1. The van der Waals surface area contributed by atoms with Gasteiger partial charge in [0, 0.05) is 29.7 Å². The standard InChI is InChI=1S/C21H16N2O5/c24-19-14-6-2-4-8-18(14)28-21(27)15(19)11-23-17(20(25)26)9-12-10-22-16-7-3-1-5-13(12)16/h1-8,10-11,15,17,22H,9H2,(H,25,26)/p-1/t15?,17-/m0/s1. The van der Waals surface area contributed by atoms with Crippen LogP contribution in [0.15, 0.2) is 59.7 Å². The van der Waals surface area contributed by atoms with E-state index in [-0.39, 0.29) is 17.7 Å². The highest BCUT2D eigenvalue weighted by atomic mass is 16.5. The smallest absolute Gasteiger partial charge is 0.327 e. The maximum atomic E-state index is 12.5. The Morgan fingerprint density at radius 3 is 2.75 bits per heavy atom. The summed E-state index contributed by atoms with van der Waals surface area (Å²) in [5, 5.41) is 12.4. The van der Waals surface area contributed by atoms with Crippen molar-refractivity contribution in [2.24, 2.45) is 10.9 Å². The van der Waals surface area contributed by atoms with E-state index < -0.39 is 29.7 Å². The number of carbonyl (C=O) groups is 3. The predicted molar refractivity (Wildman–Crippen MR) is 99.2 cm³/mol. The van der Waals surface area contributed by atoms with Crippen LogP contribution in [-0.4, -0.2) is 35.0 Å². The van der Waals surface area contributed by atoms with Crippen molar-refractivity contribution in [3.05, 3.63) is 65.9 Å². The van der Waals surface area contributed by atoms with E-state index in [1.54, 1.807) is 24.4 Å². The summed E-state index contributed by atoms with van der Waals surface area (Å²) in [6.45, 7) is 0. The fourth-order valence-corrected chi connectivity index (χ4v) is 3.23. The summed E-state index contributed by atoms with van der Waals surface area (Å²) < 4.78 is 5.15. The van der Waals surface area contributed by atoms with Crippen molar-refractivity contribution in [3.8, 4) is 5.75 Å². The van der Waals surface area contributed by atoms with Crippen LogP contribution in [0.2, 0.25) is 0 Å². The summed E-state index contributed by atoms with van der Waals surface area (Å²) in [5.41, 5.74) is 1.89. The van der Waals surface area contributed by atoms with Gasteiger partial charge in [0.05, 0.1) is 17.6 Å². The number of H-pyrrole nitrogens is 1. The second-order valence-electron chi connectivity index (χ2n) is 6.46. The van der Waals surface area contributed by atoms with Crippen LogP contribution in [0, 0.1) is 5.92 Å². The number of rotatable bonds is 5. The molecule has 0 saturated carbocycles. The van der Waals surface area contributed by atoms with E-state index in [2.05, 4.69) is 9.98 Å². The molecular formula is C21H15N2O5-. The number of fused-ring (bicyclic) bond motifs is 2. The normalized spacial score (nSPS) is 17.5. The van der Waals surface area contributed by atoms with E-state index in [1.807, 2.05) is 24.3 Å². The molecule has 1 aliphatic heterocycles. The van der Waals surface area contributed by atoms with Gasteiger partial charge in [-0.05, 0) is 23.8 Å². The lowest BCUT2D eigenvalue weighted by Crippen LogP contribution is -2.38. The maximum absolute atomic E-state index is 12.5. The zero-order valence-corrected chi connectivity index (χ0v) is 14.6. The summed E-state index contributed by atoms with van der Waals surface area (Å²) in [6, 6.07) is 12.6. The molecule has 7 nitrogen and oxygen atoms in total. The molecule has 2 heterocycles. The number of esters is 1. The fraction of sp³-hybridized carbons (Fsp3) is 0.143. The third-order valence-electron chi connectivity index (χ3n) is 4.67. The molecule has 0 bridgehead atoms. The average Bonchev–Trinajstić information content (AvgIpc) is 3.09. The second kappa shape index (κ2) is 7.11. The molecule has 0 fully saturated rings. The number of nitrogens with one attached hydrogen (secondary N) is 1. The number of ketones is 1. The molecular weight excluding hydrogens is 360 g/mol. The number of aromatic amines is 1. The minimum atomic E-state index is -1.39. The van der Waals surface area contributed by atoms with E-state index in [4.69, 9.17) is 4.74 Å². The molecule has 2 aromatic carbocycles. The summed E-state index contributed by atoms with van der Waals surface area (Å²) in [7, 11) is 0. The van der Waals surface area contributed by atoms with E-state index in [1.165, 1.54) is 6.07 Å². The lowest BCUT2D eigenvalue weighted by Gasteiger charge is -2.20. The predicted octanol–water partition coefficient (Wildman–Crippen LogP) is 1.32. The van der Waals surface area contributed by atoms with Gasteiger partial charge >= 0.3 is 5.97 Å². The molecule has 0 aliphatic carbocycles. The van der Waals surface area contributed by atoms with E-state index in [9.17, 15) is 19.5 Å². The molecule has 7 heteroatoms. The highest BCUT2D eigenvalue weighted by molar-refractivity contribution is 6.22. The first-order valence-corrected chi connectivity index (χ1v) is 8.68. The largest absolute Gasteiger partial charge is 0.548 e. The van der Waals surface area contributed by atoms with Crippen molar-refractivity contribution in [2.75, 3.05) is 0 Å². The molecule has 1 aromatic heterocycles. The van der Waals surface area contributed by atoms with E-state index in [0.717, 1.165) is 22.7 Å². The maximum Gasteiger partial charge on any atom is 0.327 e. The van der Waals surface area contributed by atoms with Crippen LogP contribution in [0.1, 0.15) is 15.9 Å². The number of aliphatic imine (C=N–C) groups is 1. The van der Waals surface area contributed by atoms with Crippen molar-refractivity contribution in [1.29, 1.82) is 0 Å². The Morgan fingerprint density at radius 2 is 1.93 bits per heavy atom.